The Hall–Kier alpha value is -1.63. The van der Waals surface area contributed by atoms with E-state index in [2.05, 4.69) is 26.2 Å². The molecular formula is C10H11BrN4O2. The Labute approximate surface area is 107 Å². The van der Waals surface area contributed by atoms with Gasteiger partial charge in [0.15, 0.2) is 5.82 Å². The van der Waals surface area contributed by atoms with E-state index in [0.717, 1.165) is 36.0 Å². The molecule has 1 aromatic rings. The Bertz CT molecular complexity index is 446. The van der Waals surface area contributed by atoms with Crippen LogP contribution in [0, 0.1) is 10.1 Å². The van der Waals surface area contributed by atoms with Crippen LogP contribution in [-0.2, 0) is 0 Å². The van der Waals surface area contributed by atoms with Gasteiger partial charge in [0.05, 0.1) is 16.8 Å². The van der Waals surface area contributed by atoms with Gasteiger partial charge in [-0.3, -0.25) is 10.1 Å². The van der Waals surface area contributed by atoms with E-state index in [1.807, 2.05) is 17.0 Å². The highest BCUT2D eigenvalue weighted by atomic mass is 79.9. The number of nitro groups is 1. The Morgan fingerprint density at radius 3 is 3.06 bits per heavy atom. The normalized spacial score (nSPS) is 17.9. The second-order valence-electron chi connectivity index (χ2n) is 3.57. The van der Waals surface area contributed by atoms with Crippen LogP contribution >= 0.6 is 15.9 Å². The number of nitrogens with one attached hydrogen (secondary N) is 1. The number of nitrogens with zero attached hydrogens (tertiary/aromatic N) is 3. The predicted octanol–water partition coefficient (Wildman–Crippen LogP) is 1.72. The first-order valence-corrected chi connectivity index (χ1v) is 5.94. The summed E-state index contributed by atoms with van der Waals surface area (Å²) in [5.41, 5.74) is 0.841. The fourth-order valence-corrected chi connectivity index (χ4v) is 1.92. The summed E-state index contributed by atoms with van der Waals surface area (Å²) in [4.78, 5) is 16.1. The van der Waals surface area contributed by atoms with Crippen molar-refractivity contribution in [2.24, 2.45) is 0 Å². The molecule has 1 aromatic heterocycles. The molecular weight excluding hydrogens is 288 g/mol. The van der Waals surface area contributed by atoms with Crippen molar-refractivity contribution in [2.75, 3.05) is 18.0 Å². The molecule has 6 nitrogen and oxygen atoms in total. The lowest BCUT2D eigenvalue weighted by Gasteiger charge is -2.30. The molecule has 7 heteroatoms. The van der Waals surface area contributed by atoms with Crippen LogP contribution in [0.2, 0.25) is 0 Å². The molecule has 1 saturated heterocycles. The van der Waals surface area contributed by atoms with E-state index in [0.29, 0.717) is 5.82 Å². The molecule has 0 unspecified atom stereocenters. The quantitative estimate of drug-likeness (QED) is 0.511. The highest BCUT2D eigenvalue weighted by molar-refractivity contribution is 9.10. The van der Waals surface area contributed by atoms with Crippen molar-refractivity contribution in [1.82, 2.24) is 10.3 Å². The van der Waals surface area contributed by atoms with Gasteiger partial charge in [-0.1, -0.05) is 0 Å². The highest BCUT2D eigenvalue weighted by Gasteiger charge is 2.19. The summed E-state index contributed by atoms with van der Waals surface area (Å²) in [6.45, 7) is 1.50. The predicted molar refractivity (Wildman–Crippen MR) is 67.0 cm³/mol. The number of anilines is 1. The van der Waals surface area contributed by atoms with Crippen molar-refractivity contribution in [1.29, 1.82) is 0 Å². The van der Waals surface area contributed by atoms with Crippen molar-refractivity contribution in [3.05, 3.63) is 45.1 Å². The zero-order chi connectivity index (χ0) is 12.3. The van der Waals surface area contributed by atoms with Crippen LogP contribution in [0.5, 0.6) is 0 Å². The third kappa shape index (κ3) is 2.94. The van der Waals surface area contributed by atoms with E-state index in [1.54, 1.807) is 6.20 Å². The van der Waals surface area contributed by atoms with Crippen molar-refractivity contribution in [2.45, 2.75) is 6.42 Å². The number of pyridine rings is 1. The molecule has 0 amide bonds. The minimum atomic E-state index is -0.451. The zero-order valence-corrected chi connectivity index (χ0v) is 10.6. The van der Waals surface area contributed by atoms with Crippen LogP contribution in [0.3, 0.4) is 0 Å². The maximum absolute atomic E-state index is 10.5. The lowest BCUT2D eigenvalue weighted by molar-refractivity contribution is -0.403. The topological polar surface area (TPSA) is 71.3 Å². The first-order chi connectivity index (χ1) is 8.16. The van der Waals surface area contributed by atoms with Crippen LogP contribution in [0.15, 0.2) is 35.0 Å². The summed E-state index contributed by atoms with van der Waals surface area (Å²) < 4.78 is 0.742. The monoisotopic (exact) mass is 298 g/mol. The molecule has 17 heavy (non-hydrogen) atoms. The molecule has 0 atom stereocenters. The molecule has 0 bridgehead atoms. The SMILES string of the molecule is O=[N+]([O-])C=C1NCCCN1c1ccc(Br)nc1. The molecule has 1 N–H and O–H groups in total. The minimum absolute atomic E-state index is 0.451. The molecule has 2 heterocycles. The van der Waals surface area contributed by atoms with E-state index in [9.17, 15) is 10.1 Å². The molecule has 2 rings (SSSR count). The molecule has 1 aliphatic rings. The average Bonchev–Trinajstić information content (AvgIpc) is 2.30. The summed E-state index contributed by atoms with van der Waals surface area (Å²) in [5.74, 6) is 0.505. The molecule has 0 aromatic carbocycles. The summed E-state index contributed by atoms with van der Waals surface area (Å²) in [6.07, 6.45) is 3.61. The van der Waals surface area contributed by atoms with Crippen LogP contribution in [-0.4, -0.2) is 23.0 Å². The zero-order valence-electron chi connectivity index (χ0n) is 8.97. The number of hydrogen-bond donors (Lipinski definition) is 1. The van der Waals surface area contributed by atoms with E-state index in [-0.39, 0.29) is 0 Å². The van der Waals surface area contributed by atoms with Crippen LogP contribution in [0.25, 0.3) is 0 Å². The Balaban J connectivity index is 2.27. The summed E-state index contributed by atoms with van der Waals surface area (Å²) >= 11 is 3.26. The van der Waals surface area contributed by atoms with Gasteiger partial charge in [-0.25, -0.2) is 4.98 Å². The van der Waals surface area contributed by atoms with Gasteiger partial charge in [-0.05, 0) is 34.5 Å². The van der Waals surface area contributed by atoms with Crippen molar-refractivity contribution < 1.29 is 4.92 Å². The first kappa shape index (κ1) is 11.8. The van der Waals surface area contributed by atoms with Gasteiger partial charge in [-0.15, -0.1) is 0 Å². The van der Waals surface area contributed by atoms with Crippen LogP contribution < -0.4 is 10.2 Å². The van der Waals surface area contributed by atoms with Crippen LogP contribution in [0.1, 0.15) is 6.42 Å². The number of halogens is 1. The van der Waals surface area contributed by atoms with Gasteiger partial charge in [0, 0.05) is 13.1 Å². The number of aromatic nitrogens is 1. The van der Waals surface area contributed by atoms with E-state index < -0.39 is 4.92 Å². The van der Waals surface area contributed by atoms with Gasteiger partial charge in [0.25, 0.3) is 6.20 Å². The van der Waals surface area contributed by atoms with Crippen molar-refractivity contribution in [3.63, 3.8) is 0 Å². The maximum atomic E-state index is 10.5. The summed E-state index contributed by atoms with van der Waals surface area (Å²) in [6, 6.07) is 3.69. The molecule has 1 fully saturated rings. The van der Waals surface area contributed by atoms with Gasteiger partial charge in [0.1, 0.15) is 4.60 Å². The third-order valence-electron chi connectivity index (χ3n) is 2.41. The Kier molecular flexibility index (Phi) is 3.58. The first-order valence-electron chi connectivity index (χ1n) is 5.15. The van der Waals surface area contributed by atoms with Gasteiger partial charge in [0.2, 0.25) is 0 Å². The fourth-order valence-electron chi connectivity index (χ4n) is 1.68. The second kappa shape index (κ2) is 5.13. The van der Waals surface area contributed by atoms with Gasteiger partial charge in [-0.2, -0.15) is 0 Å². The molecule has 0 saturated carbocycles. The molecule has 0 aliphatic carbocycles. The van der Waals surface area contributed by atoms with Crippen LogP contribution in [0.4, 0.5) is 5.69 Å². The highest BCUT2D eigenvalue weighted by Crippen LogP contribution is 2.21. The Morgan fingerprint density at radius 1 is 1.59 bits per heavy atom. The van der Waals surface area contributed by atoms with Crippen molar-refractivity contribution >= 4 is 21.6 Å². The second-order valence-corrected chi connectivity index (χ2v) is 4.38. The van der Waals surface area contributed by atoms with Gasteiger partial charge >= 0.3 is 0 Å². The maximum Gasteiger partial charge on any atom is 0.274 e. The minimum Gasteiger partial charge on any atom is -0.366 e. The largest absolute Gasteiger partial charge is 0.366 e. The lowest BCUT2D eigenvalue weighted by atomic mass is 10.2. The molecule has 0 radical (unpaired) electrons. The Morgan fingerprint density at radius 2 is 2.41 bits per heavy atom. The van der Waals surface area contributed by atoms with E-state index >= 15 is 0 Å². The number of hydrogen-bond acceptors (Lipinski definition) is 5. The standard InChI is InChI=1S/C10H11BrN4O2/c11-9-3-2-8(6-13-9)14-5-1-4-12-10(14)7-15(16)17/h2-3,6-7,12H,1,4-5H2. The summed E-state index contributed by atoms with van der Waals surface area (Å²) in [5, 5.41) is 13.6. The third-order valence-corrected chi connectivity index (χ3v) is 2.88. The van der Waals surface area contributed by atoms with E-state index in [4.69, 9.17) is 0 Å². The summed E-state index contributed by atoms with van der Waals surface area (Å²) in [7, 11) is 0. The van der Waals surface area contributed by atoms with E-state index in [1.165, 1.54) is 0 Å². The molecule has 90 valence electrons. The molecule has 0 spiro atoms. The lowest BCUT2D eigenvalue weighted by Crippen LogP contribution is -2.39. The fraction of sp³-hybridized carbons (Fsp3) is 0.300. The average molecular weight is 299 g/mol. The number of rotatable bonds is 2. The van der Waals surface area contributed by atoms with Crippen molar-refractivity contribution in [3.8, 4) is 0 Å². The smallest absolute Gasteiger partial charge is 0.274 e. The van der Waals surface area contributed by atoms with Gasteiger partial charge < -0.3 is 10.2 Å². The molecule has 1 aliphatic heterocycles.